The maximum atomic E-state index is 13.1. The minimum Gasteiger partial charge on any atom is -0.286 e. The fourth-order valence-corrected chi connectivity index (χ4v) is 4.14. The first-order chi connectivity index (χ1) is 12.7. The summed E-state index contributed by atoms with van der Waals surface area (Å²) in [6.07, 6.45) is 0.771. The van der Waals surface area contributed by atoms with Crippen molar-refractivity contribution >= 4 is 28.4 Å². The molecule has 0 aliphatic rings. The lowest BCUT2D eigenvalue weighted by Gasteiger charge is -2.11. The predicted octanol–water partition coefficient (Wildman–Crippen LogP) is 5.35. The SMILES string of the molecule is CCc1cc(SCc2ccc(F)cc2)n2c(nc3ccccc32)c1C#N. The standard InChI is InChI=1S/C21H16FN3S/c1-2-15-11-20(26-13-14-7-9-16(22)10-8-14)25-19-6-4-3-5-18(19)24-21(25)17(15)12-23/h3-11H,2,13H2,1H3. The molecule has 5 heteroatoms. The van der Waals surface area contributed by atoms with Gasteiger partial charge in [0, 0.05) is 5.75 Å². The first-order valence-electron chi connectivity index (χ1n) is 8.41. The molecule has 4 aromatic rings. The van der Waals surface area contributed by atoms with Crippen LogP contribution in [0.5, 0.6) is 0 Å². The van der Waals surface area contributed by atoms with Crippen molar-refractivity contribution in [1.29, 1.82) is 5.26 Å². The molecule has 0 amide bonds. The summed E-state index contributed by atoms with van der Waals surface area (Å²) in [7, 11) is 0. The van der Waals surface area contributed by atoms with E-state index in [-0.39, 0.29) is 5.82 Å². The Morgan fingerprint density at radius 2 is 1.92 bits per heavy atom. The van der Waals surface area contributed by atoms with Gasteiger partial charge in [-0.2, -0.15) is 5.26 Å². The van der Waals surface area contributed by atoms with Crippen LogP contribution in [0.1, 0.15) is 23.6 Å². The number of aryl methyl sites for hydroxylation is 1. The van der Waals surface area contributed by atoms with Crippen molar-refractivity contribution in [2.45, 2.75) is 24.1 Å². The molecule has 0 aliphatic heterocycles. The van der Waals surface area contributed by atoms with Gasteiger partial charge in [-0.1, -0.05) is 31.2 Å². The Balaban J connectivity index is 1.87. The average Bonchev–Trinajstić information content (AvgIpc) is 3.06. The van der Waals surface area contributed by atoms with Crippen molar-refractivity contribution in [3.05, 3.63) is 77.1 Å². The van der Waals surface area contributed by atoms with E-state index in [4.69, 9.17) is 4.98 Å². The van der Waals surface area contributed by atoms with Gasteiger partial charge in [0.25, 0.3) is 0 Å². The Bertz CT molecular complexity index is 1140. The molecule has 0 bridgehead atoms. The smallest absolute Gasteiger partial charge is 0.157 e. The van der Waals surface area contributed by atoms with Crippen molar-refractivity contribution < 1.29 is 4.39 Å². The molecule has 2 aromatic heterocycles. The number of hydrogen-bond donors (Lipinski definition) is 0. The number of fused-ring (bicyclic) bond motifs is 3. The molecule has 2 heterocycles. The number of nitrogens with zero attached hydrogens (tertiary/aromatic N) is 3. The summed E-state index contributed by atoms with van der Waals surface area (Å²) in [5.41, 5.74) is 5.25. The molecular formula is C21H16FN3S. The second kappa shape index (κ2) is 6.81. The van der Waals surface area contributed by atoms with E-state index in [0.29, 0.717) is 11.2 Å². The Hall–Kier alpha value is -2.84. The number of hydrogen-bond acceptors (Lipinski definition) is 3. The lowest BCUT2D eigenvalue weighted by atomic mass is 10.1. The van der Waals surface area contributed by atoms with E-state index in [9.17, 15) is 9.65 Å². The maximum Gasteiger partial charge on any atom is 0.157 e. The van der Waals surface area contributed by atoms with Gasteiger partial charge in [0.05, 0.1) is 21.6 Å². The summed E-state index contributed by atoms with van der Waals surface area (Å²) in [4.78, 5) is 4.70. The second-order valence-corrected chi connectivity index (χ2v) is 7.02. The zero-order chi connectivity index (χ0) is 18.1. The first kappa shape index (κ1) is 16.6. The monoisotopic (exact) mass is 361 g/mol. The molecule has 128 valence electrons. The molecule has 0 saturated carbocycles. The summed E-state index contributed by atoms with van der Waals surface area (Å²) >= 11 is 1.67. The van der Waals surface area contributed by atoms with E-state index in [1.807, 2.05) is 31.2 Å². The Morgan fingerprint density at radius 1 is 1.15 bits per heavy atom. The number of nitriles is 1. The third-order valence-corrected chi connectivity index (χ3v) is 5.49. The maximum absolute atomic E-state index is 13.1. The van der Waals surface area contributed by atoms with Crippen LogP contribution in [0.2, 0.25) is 0 Å². The molecule has 4 rings (SSSR count). The van der Waals surface area contributed by atoms with Gasteiger partial charge in [0.1, 0.15) is 11.9 Å². The van der Waals surface area contributed by atoms with Crippen molar-refractivity contribution in [1.82, 2.24) is 9.38 Å². The van der Waals surface area contributed by atoms with Crippen LogP contribution in [0.25, 0.3) is 16.7 Å². The van der Waals surface area contributed by atoms with E-state index < -0.39 is 0 Å². The number of rotatable bonds is 4. The number of imidazole rings is 1. The molecule has 0 radical (unpaired) electrons. The zero-order valence-electron chi connectivity index (χ0n) is 14.2. The Kier molecular flexibility index (Phi) is 4.36. The van der Waals surface area contributed by atoms with Gasteiger partial charge >= 0.3 is 0 Å². The van der Waals surface area contributed by atoms with Crippen LogP contribution >= 0.6 is 11.8 Å². The van der Waals surface area contributed by atoms with Crippen molar-refractivity contribution in [2.75, 3.05) is 0 Å². The van der Waals surface area contributed by atoms with E-state index >= 15 is 0 Å². The fraction of sp³-hybridized carbons (Fsp3) is 0.143. The van der Waals surface area contributed by atoms with Crippen LogP contribution in [-0.4, -0.2) is 9.38 Å². The lowest BCUT2D eigenvalue weighted by Crippen LogP contribution is -1.99. The average molecular weight is 361 g/mol. The summed E-state index contributed by atoms with van der Waals surface area (Å²) in [5.74, 6) is 0.491. The minimum atomic E-state index is -0.228. The highest BCUT2D eigenvalue weighted by Crippen LogP contribution is 2.31. The molecule has 3 nitrogen and oxygen atoms in total. The van der Waals surface area contributed by atoms with Gasteiger partial charge in [-0.3, -0.25) is 4.40 Å². The Labute approximate surface area is 155 Å². The molecule has 2 aromatic carbocycles. The molecule has 0 unspecified atom stereocenters. The highest BCUT2D eigenvalue weighted by atomic mass is 32.2. The largest absolute Gasteiger partial charge is 0.286 e. The van der Waals surface area contributed by atoms with Crippen LogP contribution in [0.15, 0.2) is 59.6 Å². The second-order valence-electron chi connectivity index (χ2n) is 6.02. The first-order valence-corrected chi connectivity index (χ1v) is 9.40. The van der Waals surface area contributed by atoms with Crippen LogP contribution in [-0.2, 0) is 12.2 Å². The summed E-state index contributed by atoms with van der Waals surface area (Å²) in [6, 6.07) is 18.9. The topological polar surface area (TPSA) is 41.1 Å². The van der Waals surface area contributed by atoms with Crippen LogP contribution in [0.3, 0.4) is 0 Å². The highest BCUT2D eigenvalue weighted by Gasteiger charge is 2.16. The van der Waals surface area contributed by atoms with Crippen molar-refractivity contribution in [2.24, 2.45) is 0 Å². The van der Waals surface area contributed by atoms with Gasteiger partial charge < -0.3 is 0 Å². The summed E-state index contributed by atoms with van der Waals surface area (Å²) in [6.45, 7) is 2.05. The van der Waals surface area contributed by atoms with Crippen molar-refractivity contribution in [3.8, 4) is 6.07 Å². The number of thioether (sulfide) groups is 1. The highest BCUT2D eigenvalue weighted by molar-refractivity contribution is 7.98. The number of aromatic nitrogens is 2. The third-order valence-electron chi connectivity index (χ3n) is 4.42. The normalized spacial score (nSPS) is 11.1. The molecule has 0 atom stereocenters. The predicted molar refractivity (Wildman–Crippen MR) is 103 cm³/mol. The molecular weight excluding hydrogens is 345 g/mol. The van der Waals surface area contributed by atoms with Gasteiger partial charge in [0.2, 0.25) is 0 Å². The van der Waals surface area contributed by atoms with E-state index in [2.05, 4.69) is 16.5 Å². The van der Waals surface area contributed by atoms with Gasteiger partial charge in [-0.05, 0) is 47.9 Å². The number of para-hydroxylation sites is 2. The van der Waals surface area contributed by atoms with Gasteiger partial charge in [0.15, 0.2) is 5.65 Å². The zero-order valence-corrected chi connectivity index (χ0v) is 15.1. The van der Waals surface area contributed by atoms with Gasteiger partial charge in [-0.25, -0.2) is 9.37 Å². The van der Waals surface area contributed by atoms with E-state index in [1.165, 1.54) is 12.1 Å². The summed E-state index contributed by atoms with van der Waals surface area (Å²) in [5, 5.41) is 10.7. The molecule has 0 aliphatic carbocycles. The number of pyridine rings is 1. The molecule has 0 spiro atoms. The van der Waals surface area contributed by atoms with Crippen molar-refractivity contribution in [3.63, 3.8) is 0 Å². The van der Waals surface area contributed by atoms with E-state index in [0.717, 1.165) is 39.4 Å². The van der Waals surface area contributed by atoms with Crippen LogP contribution in [0, 0.1) is 17.1 Å². The minimum absolute atomic E-state index is 0.228. The molecule has 26 heavy (non-hydrogen) atoms. The lowest BCUT2D eigenvalue weighted by molar-refractivity contribution is 0.627. The molecule has 0 fully saturated rings. The summed E-state index contributed by atoms with van der Waals surface area (Å²) < 4.78 is 15.2. The molecule has 0 N–H and O–H groups in total. The van der Waals surface area contributed by atoms with Crippen LogP contribution in [0.4, 0.5) is 4.39 Å². The van der Waals surface area contributed by atoms with E-state index in [1.54, 1.807) is 23.9 Å². The number of benzene rings is 2. The Morgan fingerprint density at radius 3 is 2.65 bits per heavy atom. The van der Waals surface area contributed by atoms with Gasteiger partial charge in [-0.15, -0.1) is 11.8 Å². The number of halogens is 1. The quantitative estimate of drug-likeness (QED) is 0.460. The fourth-order valence-electron chi connectivity index (χ4n) is 3.09. The van der Waals surface area contributed by atoms with Crippen LogP contribution < -0.4 is 0 Å². The third kappa shape index (κ3) is 2.83. The molecule has 0 saturated heterocycles.